The Bertz CT molecular complexity index is 1260. The second-order valence-electron chi connectivity index (χ2n) is 7.13. The van der Waals surface area contributed by atoms with E-state index in [0.29, 0.717) is 6.07 Å². The minimum Gasteiger partial charge on any atom is -0.321 e. The van der Waals surface area contributed by atoms with Gasteiger partial charge in [0.1, 0.15) is 11.6 Å². The van der Waals surface area contributed by atoms with Crippen LogP contribution < -0.4 is 5.32 Å². The van der Waals surface area contributed by atoms with Crippen molar-refractivity contribution in [3.8, 4) is 6.07 Å². The molecule has 2 aromatic rings. The number of benzene rings is 2. The molecule has 0 fully saturated rings. The Morgan fingerprint density at radius 2 is 1.64 bits per heavy atom. The smallest absolute Gasteiger partial charge is 0.321 e. The molecule has 0 aliphatic heterocycles. The maximum Gasteiger partial charge on any atom is 0.457 e. The Labute approximate surface area is 204 Å². The second-order valence-corrected chi connectivity index (χ2v) is 7.98. The van der Waals surface area contributed by atoms with Gasteiger partial charge in [0.25, 0.3) is 11.6 Å². The Hall–Kier alpha value is -3.35. The zero-order valence-corrected chi connectivity index (χ0v) is 19.1. The molecular weight excluding hydrogens is 581 g/mol. The number of anilines is 1. The van der Waals surface area contributed by atoms with Gasteiger partial charge in [-0.1, -0.05) is 6.92 Å². The number of hydrogen-bond donors (Lipinski definition) is 1. The first-order valence-corrected chi connectivity index (χ1v) is 10.2. The normalized spacial score (nSPS) is 14.1. The average molecular weight is 592 g/mol. The van der Waals surface area contributed by atoms with Gasteiger partial charge in [0.05, 0.1) is 10.6 Å². The zero-order chi connectivity index (χ0) is 27.9. The molecule has 1 atom stereocenters. The van der Waals surface area contributed by atoms with E-state index in [9.17, 15) is 54.4 Å². The van der Waals surface area contributed by atoms with E-state index < -0.39 is 72.9 Å². The molecule has 0 aromatic heterocycles. The Morgan fingerprint density at radius 3 is 2.08 bits per heavy atom. The lowest BCUT2D eigenvalue weighted by Gasteiger charge is -2.36. The first-order chi connectivity index (χ1) is 16.3. The molecule has 2 aromatic carbocycles. The molecule has 36 heavy (non-hydrogen) atoms. The van der Waals surface area contributed by atoms with Crippen molar-refractivity contribution in [2.45, 2.75) is 37.3 Å². The first-order valence-electron chi connectivity index (χ1n) is 9.36. The van der Waals surface area contributed by atoms with Gasteiger partial charge in [-0.05, 0) is 52.2 Å². The fourth-order valence-corrected chi connectivity index (χ4v) is 3.70. The maximum absolute atomic E-state index is 14.9. The predicted octanol–water partition coefficient (Wildman–Crippen LogP) is 6.97. The number of halogens is 10. The molecule has 0 bridgehead atoms. The van der Waals surface area contributed by atoms with Crippen LogP contribution in [0.4, 0.5) is 50.9 Å². The number of alkyl halides is 9. The lowest BCUT2D eigenvalue weighted by molar-refractivity contribution is -0.389. The summed E-state index contributed by atoms with van der Waals surface area (Å²) >= 11 is 2.65. The number of carbonyl (C=O) groups is 1. The van der Waals surface area contributed by atoms with Crippen LogP contribution in [0.3, 0.4) is 0 Å². The molecule has 1 N–H and O–H groups in total. The van der Waals surface area contributed by atoms with E-state index in [1.54, 1.807) is 0 Å². The molecule has 1 amide bonds. The largest absolute Gasteiger partial charge is 0.457 e. The molecular formula is C20H11BrF9N3O3. The number of amides is 1. The van der Waals surface area contributed by atoms with Gasteiger partial charge < -0.3 is 5.32 Å². The van der Waals surface area contributed by atoms with Gasteiger partial charge in [-0.25, -0.2) is 4.39 Å². The summed E-state index contributed by atoms with van der Waals surface area (Å²) in [7, 11) is 0. The molecule has 0 aliphatic rings. The summed E-state index contributed by atoms with van der Waals surface area (Å²) in [6, 6.07) is 4.29. The minimum atomic E-state index is -6.91. The third-order valence-electron chi connectivity index (χ3n) is 4.95. The molecule has 1 unspecified atom stereocenters. The molecule has 6 nitrogen and oxygen atoms in total. The van der Waals surface area contributed by atoms with Crippen LogP contribution in [0.1, 0.15) is 34.0 Å². The fourth-order valence-electron chi connectivity index (χ4n) is 3.10. The second kappa shape index (κ2) is 9.60. The van der Waals surface area contributed by atoms with Crippen LogP contribution in [0, 0.1) is 21.4 Å². The van der Waals surface area contributed by atoms with Gasteiger partial charge in [0, 0.05) is 21.7 Å². The Kier molecular flexibility index (Phi) is 7.70. The number of nitro groups is 1. The number of nitro benzene ring substituents is 1. The SMILES string of the molecule is CCc1cc(C(F)(C(F)(F)F)C(F)(F)C(F)(F)F)cc(Br)c1NC(=O)c1ccc(C#N)c([N+](=O)[O-])c1. The van der Waals surface area contributed by atoms with Crippen LogP contribution in [0.2, 0.25) is 0 Å². The number of nitrogens with zero attached hydrogens (tertiary/aromatic N) is 2. The molecule has 0 heterocycles. The molecule has 0 spiro atoms. The molecule has 0 aliphatic carbocycles. The van der Waals surface area contributed by atoms with Crippen molar-refractivity contribution in [3.63, 3.8) is 0 Å². The minimum absolute atomic E-state index is 0.0170. The summed E-state index contributed by atoms with van der Waals surface area (Å²) in [6.07, 6.45) is -14.0. The summed E-state index contributed by atoms with van der Waals surface area (Å²) in [4.78, 5) is 22.7. The van der Waals surface area contributed by atoms with Gasteiger partial charge in [-0.3, -0.25) is 14.9 Å². The highest BCUT2D eigenvalue weighted by atomic mass is 79.9. The Balaban J connectivity index is 2.64. The van der Waals surface area contributed by atoms with Crippen LogP contribution in [0.5, 0.6) is 0 Å². The number of nitrogens with one attached hydrogen (secondary N) is 1. The molecule has 16 heteroatoms. The molecule has 2 rings (SSSR count). The van der Waals surface area contributed by atoms with Gasteiger partial charge in [-0.2, -0.15) is 40.4 Å². The van der Waals surface area contributed by atoms with Gasteiger partial charge in [0.2, 0.25) is 0 Å². The predicted molar refractivity (Wildman–Crippen MR) is 109 cm³/mol. The monoisotopic (exact) mass is 591 g/mol. The summed E-state index contributed by atoms with van der Waals surface area (Å²) in [5, 5.41) is 22.1. The summed E-state index contributed by atoms with van der Waals surface area (Å²) in [5.74, 6) is -8.00. The topological polar surface area (TPSA) is 96.0 Å². The van der Waals surface area contributed by atoms with Gasteiger partial charge in [0.15, 0.2) is 0 Å². The molecule has 194 valence electrons. The van der Waals surface area contributed by atoms with Crippen LogP contribution in [0.15, 0.2) is 34.8 Å². The lowest BCUT2D eigenvalue weighted by atomic mass is 9.86. The van der Waals surface area contributed by atoms with Crippen molar-refractivity contribution in [1.82, 2.24) is 0 Å². The summed E-state index contributed by atoms with van der Waals surface area (Å²) in [6.45, 7) is 1.23. The van der Waals surface area contributed by atoms with E-state index in [-0.39, 0.29) is 18.6 Å². The number of rotatable bonds is 6. The van der Waals surface area contributed by atoms with Gasteiger partial charge in [-0.15, -0.1) is 0 Å². The lowest BCUT2D eigenvalue weighted by Crippen LogP contribution is -2.59. The van der Waals surface area contributed by atoms with E-state index >= 15 is 0 Å². The van der Waals surface area contributed by atoms with Crippen molar-refractivity contribution < 1.29 is 49.2 Å². The van der Waals surface area contributed by atoms with Crippen molar-refractivity contribution in [3.05, 3.63) is 67.2 Å². The van der Waals surface area contributed by atoms with Crippen LogP contribution in [0.25, 0.3) is 0 Å². The van der Waals surface area contributed by atoms with Gasteiger partial charge >= 0.3 is 23.9 Å². The first kappa shape index (κ1) is 28.9. The molecule has 0 saturated heterocycles. The number of nitriles is 1. The highest BCUT2D eigenvalue weighted by molar-refractivity contribution is 9.10. The molecule has 0 saturated carbocycles. The highest BCUT2D eigenvalue weighted by Crippen LogP contribution is 2.58. The van der Waals surface area contributed by atoms with E-state index in [0.717, 1.165) is 12.1 Å². The number of hydrogen-bond acceptors (Lipinski definition) is 4. The van der Waals surface area contributed by atoms with E-state index in [2.05, 4.69) is 21.2 Å². The Morgan fingerprint density at radius 1 is 1.06 bits per heavy atom. The van der Waals surface area contributed by atoms with Crippen molar-refractivity contribution >= 4 is 33.2 Å². The fraction of sp³-hybridized carbons (Fsp3) is 0.300. The molecule has 0 radical (unpaired) electrons. The van der Waals surface area contributed by atoms with Crippen LogP contribution in [-0.2, 0) is 12.1 Å². The third-order valence-corrected chi connectivity index (χ3v) is 5.57. The zero-order valence-electron chi connectivity index (χ0n) is 17.5. The average Bonchev–Trinajstić information content (AvgIpc) is 2.77. The van der Waals surface area contributed by atoms with E-state index in [1.165, 1.54) is 13.0 Å². The van der Waals surface area contributed by atoms with E-state index in [4.69, 9.17) is 5.26 Å². The number of carbonyl (C=O) groups excluding carboxylic acids is 1. The summed E-state index contributed by atoms with van der Waals surface area (Å²) in [5.41, 5.74) is -10.7. The summed E-state index contributed by atoms with van der Waals surface area (Å²) < 4.78 is 120. The van der Waals surface area contributed by atoms with Crippen molar-refractivity contribution in [2.24, 2.45) is 0 Å². The standard InChI is InChI=1S/C20H11BrF9N3O3/c1-2-9-5-12(17(22,19(25,26)27)18(23,24)20(28,29)30)7-13(21)15(9)32-16(34)10-3-4-11(8-31)14(6-10)33(35)36/h3-7H,2H2,1H3,(H,32,34). The van der Waals surface area contributed by atoms with Crippen LogP contribution in [-0.4, -0.2) is 29.1 Å². The van der Waals surface area contributed by atoms with Crippen molar-refractivity contribution in [2.75, 3.05) is 5.32 Å². The number of aryl methyl sites for hydroxylation is 1. The van der Waals surface area contributed by atoms with E-state index in [1.807, 2.05) is 0 Å². The van der Waals surface area contributed by atoms with Crippen LogP contribution >= 0.6 is 15.9 Å². The maximum atomic E-state index is 14.9. The highest BCUT2D eigenvalue weighted by Gasteiger charge is 2.81. The van der Waals surface area contributed by atoms with Crippen molar-refractivity contribution in [1.29, 1.82) is 5.26 Å². The quantitative estimate of drug-likeness (QED) is 0.223. The third kappa shape index (κ3) is 4.84.